The SMILES string of the molecule is COc1cccc(NC2=C(c3ccccc3)C(=O)N(c3cc(F)ccc3F)C2=O)c1. The molecular weight excluding hydrogens is 390 g/mol. The molecule has 5 nitrogen and oxygen atoms in total. The summed E-state index contributed by atoms with van der Waals surface area (Å²) in [5, 5.41) is 2.95. The highest BCUT2D eigenvalue weighted by atomic mass is 19.1. The van der Waals surface area contributed by atoms with Crippen molar-refractivity contribution in [3.05, 3.63) is 95.7 Å². The maximum absolute atomic E-state index is 14.4. The Morgan fingerprint density at radius 3 is 2.37 bits per heavy atom. The van der Waals surface area contributed by atoms with E-state index in [1.165, 1.54) is 7.11 Å². The van der Waals surface area contributed by atoms with Crippen LogP contribution in [0.1, 0.15) is 5.56 Å². The lowest BCUT2D eigenvalue weighted by molar-refractivity contribution is -0.120. The van der Waals surface area contributed by atoms with Gasteiger partial charge in [0.05, 0.1) is 18.4 Å². The Balaban J connectivity index is 1.84. The minimum Gasteiger partial charge on any atom is -0.497 e. The van der Waals surface area contributed by atoms with E-state index in [2.05, 4.69) is 5.32 Å². The summed E-state index contributed by atoms with van der Waals surface area (Å²) in [7, 11) is 1.51. The fraction of sp³-hybridized carbons (Fsp3) is 0.0435. The van der Waals surface area contributed by atoms with E-state index in [1.54, 1.807) is 54.6 Å². The second-order valence-corrected chi connectivity index (χ2v) is 6.51. The zero-order chi connectivity index (χ0) is 21.3. The predicted molar refractivity (Wildman–Crippen MR) is 109 cm³/mol. The molecule has 1 aliphatic heterocycles. The fourth-order valence-corrected chi connectivity index (χ4v) is 3.24. The Labute approximate surface area is 171 Å². The maximum Gasteiger partial charge on any atom is 0.282 e. The quantitative estimate of drug-likeness (QED) is 0.640. The molecule has 0 bridgehead atoms. The molecule has 0 radical (unpaired) electrons. The standard InChI is InChI=1S/C23H16F2N2O3/c1-30-17-9-5-8-16(13-17)26-21-20(14-6-3-2-4-7-14)22(28)27(23(21)29)19-12-15(24)10-11-18(19)25/h2-13,26H,1H3. The summed E-state index contributed by atoms with van der Waals surface area (Å²) in [6.07, 6.45) is 0. The van der Waals surface area contributed by atoms with Crippen molar-refractivity contribution < 1.29 is 23.1 Å². The van der Waals surface area contributed by atoms with Crippen molar-refractivity contribution >= 4 is 28.8 Å². The lowest BCUT2D eigenvalue weighted by Gasteiger charge is -2.16. The van der Waals surface area contributed by atoms with Gasteiger partial charge in [0.2, 0.25) is 0 Å². The number of rotatable bonds is 5. The van der Waals surface area contributed by atoms with Crippen molar-refractivity contribution in [1.29, 1.82) is 0 Å². The first-order valence-corrected chi connectivity index (χ1v) is 9.04. The third kappa shape index (κ3) is 3.41. The Kier molecular flexibility index (Phi) is 5.02. The second-order valence-electron chi connectivity index (χ2n) is 6.51. The van der Waals surface area contributed by atoms with Crippen LogP contribution < -0.4 is 15.0 Å². The molecule has 4 rings (SSSR count). The normalized spacial score (nSPS) is 13.8. The Morgan fingerprint density at radius 2 is 1.63 bits per heavy atom. The summed E-state index contributed by atoms with van der Waals surface area (Å²) in [6, 6.07) is 17.9. The van der Waals surface area contributed by atoms with Crippen molar-refractivity contribution in [3.63, 3.8) is 0 Å². The molecule has 0 saturated heterocycles. The van der Waals surface area contributed by atoms with Crippen molar-refractivity contribution in [3.8, 4) is 5.75 Å². The molecule has 0 unspecified atom stereocenters. The largest absolute Gasteiger partial charge is 0.497 e. The molecule has 0 aromatic heterocycles. The fourth-order valence-electron chi connectivity index (χ4n) is 3.24. The molecule has 2 amide bonds. The highest BCUT2D eigenvalue weighted by Gasteiger charge is 2.41. The average molecular weight is 406 g/mol. The van der Waals surface area contributed by atoms with Crippen molar-refractivity contribution in [1.82, 2.24) is 0 Å². The zero-order valence-electron chi connectivity index (χ0n) is 15.9. The Hall–Kier alpha value is -4.00. The van der Waals surface area contributed by atoms with Crippen LogP contribution in [0.4, 0.5) is 20.2 Å². The van der Waals surface area contributed by atoms with Gasteiger partial charge in [-0.25, -0.2) is 13.7 Å². The van der Waals surface area contributed by atoms with Gasteiger partial charge in [-0.3, -0.25) is 9.59 Å². The number of hydrogen-bond donors (Lipinski definition) is 1. The number of hydrogen-bond acceptors (Lipinski definition) is 4. The van der Waals surface area contributed by atoms with Crippen LogP contribution in [0.2, 0.25) is 0 Å². The third-order valence-corrected chi connectivity index (χ3v) is 4.63. The lowest BCUT2D eigenvalue weighted by Crippen LogP contribution is -2.33. The number of carbonyl (C=O) groups excluding carboxylic acids is 2. The number of anilines is 2. The summed E-state index contributed by atoms with van der Waals surface area (Å²) in [6.45, 7) is 0. The molecule has 0 atom stereocenters. The monoisotopic (exact) mass is 406 g/mol. The van der Waals surface area contributed by atoms with Crippen LogP contribution in [0, 0.1) is 11.6 Å². The highest BCUT2D eigenvalue weighted by molar-refractivity contribution is 6.46. The molecule has 1 heterocycles. The topological polar surface area (TPSA) is 58.6 Å². The van der Waals surface area contributed by atoms with E-state index in [4.69, 9.17) is 4.74 Å². The van der Waals surface area contributed by atoms with Gasteiger partial charge in [-0.1, -0.05) is 36.4 Å². The number of carbonyl (C=O) groups is 2. The van der Waals surface area contributed by atoms with Crippen LogP contribution in [0.25, 0.3) is 5.57 Å². The average Bonchev–Trinajstić information content (AvgIpc) is 3.00. The maximum atomic E-state index is 14.4. The smallest absolute Gasteiger partial charge is 0.282 e. The van der Waals surface area contributed by atoms with Crippen molar-refractivity contribution in [2.75, 3.05) is 17.3 Å². The second kappa shape index (κ2) is 7.79. The summed E-state index contributed by atoms with van der Waals surface area (Å²) in [4.78, 5) is 27.0. The van der Waals surface area contributed by atoms with Crippen LogP contribution in [0.15, 0.2) is 78.5 Å². The van der Waals surface area contributed by atoms with Crippen LogP contribution >= 0.6 is 0 Å². The van der Waals surface area contributed by atoms with Crippen molar-refractivity contribution in [2.24, 2.45) is 0 Å². The van der Waals surface area contributed by atoms with Crippen LogP contribution in [-0.2, 0) is 9.59 Å². The van der Waals surface area contributed by atoms with Gasteiger partial charge < -0.3 is 10.1 Å². The molecule has 3 aromatic carbocycles. The Morgan fingerprint density at radius 1 is 0.867 bits per heavy atom. The first-order valence-electron chi connectivity index (χ1n) is 9.04. The van der Waals surface area contributed by atoms with Crippen LogP contribution in [0.5, 0.6) is 5.75 Å². The number of methoxy groups -OCH3 is 1. The van der Waals surface area contributed by atoms with Gasteiger partial charge in [0.1, 0.15) is 23.1 Å². The van der Waals surface area contributed by atoms with Crippen LogP contribution in [0.3, 0.4) is 0 Å². The van der Waals surface area contributed by atoms with E-state index in [1.807, 2.05) is 0 Å². The molecular formula is C23H16F2N2O3. The van der Waals surface area contributed by atoms with Gasteiger partial charge in [-0.15, -0.1) is 0 Å². The number of ether oxygens (including phenoxy) is 1. The lowest BCUT2D eigenvalue weighted by atomic mass is 10.0. The minimum absolute atomic E-state index is 0.0388. The van der Waals surface area contributed by atoms with E-state index in [-0.39, 0.29) is 11.3 Å². The molecule has 1 aliphatic rings. The predicted octanol–water partition coefficient (Wildman–Crippen LogP) is 4.37. The number of nitrogens with one attached hydrogen (secondary N) is 1. The van der Waals surface area contributed by atoms with Gasteiger partial charge >= 0.3 is 0 Å². The molecule has 0 spiro atoms. The first-order chi connectivity index (χ1) is 14.5. The Bertz CT molecular complexity index is 1180. The third-order valence-electron chi connectivity index (χ3n) is 4.63. The number of amides is 2. The van der Waals surface area contributed by atoms with E-state index < -0.39 is 29.1 Å². The van der Waals surface area contributed by atoms with Gasteiger partial charge in [0, 0.05) is 17.8 Å². The molecule has 0 fully saturated rings. The molecule has 0 aliphatic carbocycles. The van der Waals surface area contributed by atoms with E-state index in [9.17, 15) is 18.4 Å². The molecule has 1 N–H and O–H groups in total. The number of benzene rings is 3. The van der Waals surface area contributed by atoms with Gasteiger partial charge in [0.25, 0.3) is 11.8 Å². The number of imide groups is 1. The number of nitrogens with zero attached hydrogens (tertiary/aromatic N) is 1. The molecule has 150 valence electrons. The van der Waals surface area contributed by atoms with Gasteiger partial charge in [0.15, 0.2) is 0 Å². The molecule has 0 saturated carbocycles. The van der Waals surface area contributed by atoms with Crippen molar-refractivity contribution in [2.45, 2.75) is 0 Å². The molecule has 3 aromatic rings. The van der Waals surface area contributed by atoms with E-state index in [0.29, 0.717) is 21.9 Å². The van der Waals surface area contributed by atoms with Crippen LogP contribution in [-0.4, -0.2) is 18.9 Å². The summed E-state index contributed by atoms with van der Waals surface area (Å²) in [5.41, 5.74) is 0.553. The van der Waals surface area contributed by atoms with Gasteiger partial charge in [-0.2, -0.15) is 0 Å². The van der Waals surface area contributed by atoms with E-state index >= 15 is 0 Å². The number of halogens is 2. The summed E-state index contributed by atoms with van der Waals surface area (Å²) >= 11 is 0. The summed E-state index contributed by atoms with van der Waals surface area (Å²) < 4.78 is 33.3. The van der Waals surface area contributed by atoms with Gasteiger partial charge in [-0.05, 0) is 29.8 Å². The first kappa shape index (κ1) is 19.3. The summed E-state index contributed by atoms with van der Waals surface area (Å²) in [5.74, 6) is -2.63. The molecule has 7 heteroatoms. The van der Waals surface area contributed by atoms with E-state index in [0.717, 1.165) is 18.2 Å². The zero-order valence-corrected chi connectivity index (χ0v) is 15.9. The highest BCUT2D eigenvalue weighted by Crippen LogP contribution is 2.35. The minimum atomic E-state index is -0.881. The molecule has 30 heavy (non-hydrogen) atoms.